The number of rotatable bonds is 8. The van der Waals surface area contributed by atoms with Crippen LogP contribution in [0.25, 0.3) is 0 Å². The van der Waals surface area contributed by atoms with Crippen molar-refractivity contribution in [3.63, 3.8) is 0 Å². The first kappa shape index (κ1) is 17.5. The molecule has 0 saturated carbocycles. The zero-order valence-corrected chi connectivity index (χ0v) is 13.9. The summed E-state index contributed by atoms with van der Waals surface area (Å²) in [6, 6.07) is 12.3. The third-order valence-electron chi connectivity index (χ3n) is 3.97. The van der Waals surface area contributed by atoms with Crippen LogP contribution < -0.4 is 14.2 Å². The van der Waals surface area contributed by atoms with Crippen molar-refractivity contribution in [2.24, 2.45) is 0 Å². The van der Waals surface area contributed by atoms with E-state index in [-0.39, 0.29) is 0 Å². The molecule has 0 aliphatic heterocycles. The molecule has 0 amide bonds. The van der Waals surface area contributed by atoms with Crippen molar-refractivity contribution >= 4 is 12.6 Å². The van der Waals surface area contributed by atoms with Gasteiger partial charge in [0.05, 0.1) is 33.2 Å². The van der Waals surface area contributed by atoms with Crippen LogP contribution in [-0.2, 0) is 9.59 Å². The summed E-state index contributed by atoms with van der Waals surface area (Å²) in [6.45, 7) is 0. The number of ether oxygens (including phenoxy) is 3. The minimum Gasteiger partial charge on any atom is -0.497 e. The molecule has 0 aromatic heterocycles. The molecule has 0 spiro atoms. The summed E-state index contributed by atoms with van der Waals surface area (Å²) in [5, 5.41) is 0. The van der Waals surface area contributed by atoms with Gasteiger partial charge in [-0.2, -0.15) is 0 Å². The van der Waals surface area contributed by atoms with Crippen molar-refractivity contribution in [3.05, 3.63) is 53.6 Å². The van der Waals surface area contributed by atoms with Crippen molar-refractivity contribution in [1.82, 2.24) is 0 Å². The van der Waals surface area contributed by atoms with E-state index in [1.54, 1.807) is 56.7 Å². The summed E-state index contributed by atoms with van der Waals surface area (Å²) < 4.78 is 15.6. The first-order chi connectivity index (χ1) is 11.7. The van der Waals surface area contributed by atoms with E-state index in [9.17, 15) is 9.59 Å². The first-order valence-corrected chi connectivity index (χ1v) is 7.45. The average molecular weight is 328 g/mol. The molecule has 0 saturated heterocycles. The van der Waals surface area contributed by atoms with E-state index in [4.69, 9.17) is 14.2 Å². The summed E-state index contributed by atoms with van der Waals surface area (Å²) in [5.74, 6) is 0.568. The molecule has 2 aromatic carbocycles. The third-order valence-corrected chi connectivity index (χ3v) is 3.97. The summed E-state index contributed by atoms with van der Waals surface area (Å²) in [5.41, 5.74) is 1.44. The van der Waals surface area contributed by atoms with Gasteiger partial charge in [0, 0.05) is 0 Å². The molecule has 0 N–H and O–H groups in total. The molecule has 0 heterocycles. The van der Waals surface area contributed by atoms with Gasteiger partial charge in [-0.05, 0) is 35.4 Å². The molecular formula is C19H20O5. The molecule has 2 rings (SSSR count). The zero-order valence-electron chi connectivity index (χ0n) is 13.9. The Balaban J connectivity index is 2.40. The van der Waals surface area contributed by atoms with Gasteiger partial charge in [-0.15, -0.1) is 0 Å². The van der Waals surface area contributed by atoms with Crippen LogP contribution in [0.5, 0.6) is 17.2 Å². The first-order valence-electron chi connectivity index (χ1n) is 7.45. The predicted molar refractivity (Wildman–Crippen MR) is 90.2 cm³/mol. The van der Waals surface area contributed by atoms with Crippen LogP contribution in [0.2, 0.25) is 0 Å². The van der Waals surface area contributed by atoms with Crippen LogP contribution in [0, 0.1) is 0 Å². The second kappa shape index (κ2) is 8.15. The van der Waals surface area contributed by atoms with E-state index in [0.717, 1.165) is 18.1 Å². The Morgan fingerprint density at radius 3 is 1.75 bits per heavy atom. The molecule has 2 aromatic rings. The lowest BCUT2D eigenvalue weighted by Gasteiger charge is -2.20. The maximum atomic E-state index is 11.7. The van der Waals surface area contributed by atoms with Crippen LogP contribution in [0.4, 0.5) is 0 Å². The number of hydrogen-bond donors (Lipinski definition) is 0. The second-order valence-corrected chi connectivity index (χ2v) is 5.21. The predicted octanol–water partition coefficient (Wildman–Crippen LogP) is 2.98. The van der Waals surface area contributed by atoms with Gasteiger partial charge in [0.1, 0.15) is 18.3 Å². The molecule has 0 bridgehead atoms. The fourth-order valence-corrected chi connectivity index (χ4v) is 2.63. The molecule has 5 heteroatoms. The van der Waals surface area contributed by atoms with Gasteiger partial charge in [-0.25, -0.2) is 0 Å². The van der Waals surface area contributed by atoms with E-state index in [0.29, 0.717) is 22.8 Å². The number of benzene rings is 2. The Kier molecular flexibility index (Phi) is 5.95. The van der Waals surface area contributed by atoms with E-state index >= 15 is 0 Å². The minimum absolute atomic E-state index is 0.515. The summed E-state index contributed by atoms with van der Waals surface area (Å²) >= 11 is 0. The third kappa shape index (κ3) is 3.56. The average Bonchev–Trinajstić information content (AvgIpc) is 2.65. The molecular weight excluding hydrogens is 308 g/mol. The topological polar surface area (TPSA) is 61.8 Å². The van der Waals surface area contributed by atoms with Gasteiger partial charge >= 0.3 is 0 Å². The maximum Gasteiger partial charge on any atom is 0.161 e. The van der Waals surface area contributed by atoms with Crippen molar-refractivity contribution in [2.45, 2.75) is 11.8 Å². The molecule has 0 radical (unpaired) electrons. The minimum atomic E-state index is -0.615. The Morgan fingerprint density at radius 2 is 1.25 bits per heavy atom. The summed E-state index contributed by atoms with van der Waals surface area (Å²) in [7, 11) is 4.64. The van der Waals surface area contributed by atoms with Gasteiger partial charge in [-0.3, -0.25) is 0 Å². The number of aldehydes is 2. The maximum absolute atomic E-state index is 11.7. The van der Waals surface area contributed by atoms with Gasteiger partial charge in [0.25, 0.3) is 0 Å². The van der Waals surface area contributed by atoms with Gasteiger partial charge in [-0.1, -0.05) is 18.2 Å². The van der Waals surface area contributed by atoms with Crippen molar-refractivity contribution in [3.8, 4) is 17.2 Å². The largest absolute Gasteiger partial charge is 0.497 e. The van der Waals surface area contributed by atoms with Crippen molar-refractivity contribution < 1.29 is 23.8 Å². The van der Waals surface area contributed by atoms with E-state index in [1.807, 2.05) is 0 Å². The Bertz CT molecular complexity index is 693. The molecule has 0 aliphatic rings. The number of carbonyl (C=O) groups excluding carboxylic acids is 2. The molecule has 2 unspecified atom stereocenters. The second-order valence-electron chi connectivity index (χ2n) is 5.21. The fourth-order valence-electron chi connectivity index (χ4n) is 2.63. The van der Waals surface area contributed by atoms with E-state index in [1.165, 1.54) is 7.11 Å². The van der Waals surface area contributed by atoms with Gasteiger partial charge < -0.3 is 23.8 Å². The number of methoxy groups -OCH3 is 3. The number of hydrogen-bond acceptors (Lipinski definition) is 5. The summed E-state index contributed by atoms with van der Waals surface area (Å²) in [4.78, 5) is 23.4. The van der Waals surface area contributed by atoms with Crippen molar-refractivity contribution in [1.29, 1.82) is 0 Å². The molecule has 24 heavy (non-hydrogen) atoms. The van der Waals surface area contributed by atoms with E-state index < -0.39 is 11.8 Å². The quantitative estimate of drug-likeness (QED) is 0.697. The Labute approximate surface area is 141 Å². The van der Waals surface area contributed by atoms with Crippen LogP contribution in [-0.4, -0.2) is 33.9 Å². The molecule has 2 atom stereocenters. The Morgan fingerprint density at radius 1 is 0.708 bits per heavy atom. The normalized spacial score (nSPS) is 12.8. The number of carbonyl (C=O) groups is 2. The molecule has 5 nitrogen and oxygen atoms in total. The summed E-state index contributed by atoms with van der Waals surface area (Å²) in [6.07, 6.45) is 1.57. The monoisotopic (exact) mass is 328 g/mol. The highest BCUT2D eigenvalue weighted by Crippen LogP contribution is 2.35. The highest BCUT2D eigenvalue weighted by Gasteiger charge is 2.25. The molecule has 0 aliphatic carbocycles. The highest BCUT2D eigenvalue weighted by atomic mass is 16.5. The highest BCUT2D eigenvalue weighted by molar-refractivity contribution is 5.76. The molecule has 126 valence electrons. The SMILES string of the molecule is COc1ccc(C(C=O)C(C=O)c2ccc(OC)c(OC)c2)cc1. The van der Waals surface area contributed by atoms with Gasteiger partial charge in [0.2, 0.25) is 0 Å². The van der Waals surface area contributed by atoms with Crippen molar-refractivity contribution in [2.75, 3.05) is 21.3 Å². The van der Waals surface area contributed by atoms with Crippen LogP contribution in [0.3, 0.4) is 0 Å². The lowest BCUT2D eigenvalue weighted by molar-refractivity contribution is -0.114. The van der Waals surface area contributed by atoms with Crippen LogP contribution in [0.15, 0.2) is 42.5 Å². The fraction of sp³-hybridized carbons (Fsp3) is 0.263. The lowest BCUT2D eigenvalue weighted by Crippen LogP contribution is -2.14. The zero-order chi connectivity index (χ0) is 17.5. The smallest absolute Gasteiger partial charge is 0.161 e. The van der Waals surface area contributed by atoms with E-state index in [2.05, 4.69) is 0 Å². The van der Waals surface area contributed by atoms with Gasteiger partial charge in [0.15, 0.2) is 11.5 Å². The Hall–Kier alpha value is -2.82. The lowest BCUT2D eigenvalue weighted by atomic mass is 9.83. The van der Waals surface area contributed by atoms with Crippen LogP contribution >= 0.6 is 0 Å². The standard InChI is InChI=1S/C19H20O5/c1-22-15-7-4-13(5-8-15)16(11-20)17(12-21)14-6-9-18(23-2)19(10-14)24-3/h4-12,16-17H,1-3H3. The molecule has 0 fully saturated rings. The van der Waals surface area contributed by atoms with Crippen LogP contribution in [0.1, 0.15) is 23.0 Å².